The minimum atomic E-state index is -1.43. The maximum absolute atomic E-state index is 13.4. The van der Waals surface area contributed by atoms with Crippen molar-refractivity contribution in [2.75, 3.05) is 6.54 Å². The van der Waals surface area contributed by atoms with E-state index in [4.69, 9.17) is 11.5 Å². The van der Waals surface area contributed by atoms with Gasteiger partial charge in [-0.2, -0.15) is 0 Å². The Balaban J connectivity index is 1.82. The lowest BCUT2D eigenvalue weighted by Gasteiger charge is -2.25. The first-order valence-electron chi connectivity index (χ1n) is 13.1. The standard InChI is InChI=1S/C26H35N7O7/c27-10-4-3-7-18(26(39)40)31-24(37)19(11-14-13-29-16-6-2-1-5-15(14)16)32-25(38)20(12-21(28)34)33-23(36)17-8-9-22(35)30-17/h1-2,5-6,13,17-20,29H,3-4,7-12,27H2,(H2,28,34)(H,30,35)(H,31,37)(H,32,38)(H,33,36)(H,39,40)/t17-,18-,19-,20-/m0/s1. The molecule has 1 aromatic heterocycles. The number of unbranched alkanes of at least 4 members (excludes halogenated alkanes) is 1. The van der Waals surface area contributed by atoms with E-state index in [2.05, 4.69) is 26.3 Å². The number of benzene rings is 1. The smallest absolute Gasteiger partial charge is 0.326 e. The van der Waals surface area contributed by atoms with Crippen molar-refractivity contribution in [3.63, 3.8) is 0 Å². The Morgan fingerprint density at radius 3 is 2.35 bits per heavy atom. The van der Waals surface area contributed by atoms with Crippen LogP contribution in [-0.2, 0) is 35.2 Å². The monoisotopic (exact) mass is 557 g/mol. The summed E-state index contributed by atoms with van der Waals surface area (Å²) < 4.78 is 0. The number of aromatic amines is 1. The Labute approximate surface area is 230 Å². The molecule has 0 radical (unpaired) electrons. The molecule has 1 aliphatic rings. The average molecular weight is 558 g/mol. The Bertz CT molecular complexity index is 1260. The molecule has 0 unspecified atom stereocenters. The van der Waals surface area contributed by atoms with Crippen LogP contribution in [0.4, 0.5) is 0 Å². The predicted molar refractivity (Wildman–Crippen MR) is 143 cm³/mol. The third-order valence-electron chi connectivity index (χ3n) is 6.64. The first-order chi connectivity index (χ1) is 19.1. The van der Waals surface area contributed by atoms with Crippen LogP contribution in [-0.4, -0.2) is 76.3 Å². The van der Waals surface area contributed by atoms with Crippen molar-refractivity contribution in [3.05, 3.63) is 36.0 Å². The largest absolute Gasteiger partial charge is 0.480 e. The fourth-order valence-electron chi connectivity index (χ4n) is 4.52. The van der Waals surface area contributed by atoms with Crippen molar-refractivity contribution in [1.82, 2.24) is 26.3 Å². The highest BCUT2D eigenvalue weighted by Crippen LogP contribution is 2.19. The molecule has 4 atom stereocenters. The number of carbonyl (C=O) groups is 6. The van der Waals surface area contributed by atoms with Gasteiger partial charge in [-0.05, 0) is 43.9 Å². The number of H-pyrrole nitrogens is 1. The van der Waals surface area contributed by atoms with Crippen molar-refractivity contribution in [2.24, 2.45) is 11.5 Å². The second kappa shape index (κ2) is 14.1. The summed E-state index contributed by atoms with van der Waals surface area (Å²) in [4.78, 5) is 77.4. The number of aliphatic carboxylic acids is 1. The van der Waals surface area contributed by atoms with Gasteiger partial charge in [-0.15, -0.1) is 0 Å². The summed E-state index contributed by atoms with van der Waals surface area (Å²) in [7, 11) is 0. The van der Waals surface area contributed by atoms with Crippen LogP contribution in [0, 0.1) is 0 Å². The number of amides is 5. The zero-order valence-corrected chi connectivity index (χ0v) is 21.9. The number of carbonyl (C=O) groups excluding carboxylic acids is 5. The number of aromatic nitrogens is 1. The lowest BCUT2D eigenvalue weighted by Crippen LogP contribution is -2.58. The normalized spacial score (nSPS) is 16.9. The van der Waals surface area contributed by atoms with E-state index in [1.165, 1.54) is 0 Å². The third kappa shape index (κ3) is 8.27. The molecule has 0 spiro atoms. The van der Waals surface area contributed by atoms with E-state index in [-0.39, 0.29) is 31.6 Å². The van der Waals surface area contributed by atoms with E-state index in [1.54, 1.807) is 6.20 Å². The first-order valence-corrected chi connectivity index (χ1v) is 13.1. The minimum Gasteiger partial charge on any atom is -0.480 e. The Morgan fingerprint density at radius 1 is 1.00 bits per heavy atom. The van der Waals surface area contributed by atoms with Gasteiger partial charge >= 0.3 is 5.97 Å². The summed E-state index contributed by atoms with van der Waals surface area (Å²) >= 11 is 0. The molecule has 10 N–H and O–H groups in total. The van der Waals surface area contributed by atoms with E-state index in [0.29, 0.717) is 24.9 Å². The fraction of sp³-hybridized carbons (Fsp3) is 0.462. The van der Waals surface area contributed by atoms with Gasteiger partial charge in [-0.3, -0.25) is 24.0 Å². The molecule has 1 saturated heterocycles. The third-order valence-corrected chi connectivity index (χ3v) is 6.64. The van der Waals surface area contributed by atoms with Gasteiger partial charge in [0.25, 0.3) is 0 Å². The van der Waals surface area contributed by atoms with E-state index in [9.17, 15) is 33.9 Å². The van der Waals surface area contributed by atoms with Crippen LogP contribution in [0.3, 0.4) is 0 Å². The Morgan fingerprint density at radius 2 is 1.70 bits per heavy atom. The maximum Gasteiger partial charge on any atom is 0.326 e. The molecular weight excluding hydrogens is 522 g/mol. The molecule has 40 heavy (non-hydrogen) atoms. The Kier molecular flexibility index (Phi) is 10.6. The highest BCUT2D eigenvalue weighted by atomic mass is 16.4. The number of para-hydroxylation sites is 1. The van der Waals surface area contributed by atoms with Crippen LogP contribution in [0.2, 0.25) is 0 Å². The number of fused-ring (bicyclic) bond motifs is 1. The second-order valence-electron chi connectivity index (χ2n) is 9.70. The summed E-state index contributed by atoms with van der Waals surface area (Å²) in [5, 5.41) is 20.4. The molecule has 2 aromatic rings. The topological polar surface area (TPSA) is 239 Å². The SMILES string of the molecule is NCCCC[C@H](NC(=O)[C@H](Cc1c[nH]c2ccccc12)NC(=O)[C@H](CC(N)=O)NC(=O)[C@@H]1CCC(=O)N1)C(=O)O. The lowest BCUT2D eigenvalue weighted by atomic mass is 10.0. The molecule has 14 nitrogen and oxygen atoms in total. The van der Waals surface area contributed by atoms with Crippen LogP contribution in [0.1, 0.15) is 44.1 Å². The highest BCUT2D eigenvalue weighted by molar-refractivity contribution is 5.98. The summed E-state index contributed by atoms with van der Waals surface area (Å²) in [6.07, 6.45) is 2.65. The zero-order chi connectivity index (χ0) is 29.2. The number of nitrogens with two attached hydrogens (primary N) is 2. The zero-order valence-electron chi connectivity index (χ0n) is 21.9. The van der Waals surface area contributed by atoms with Gasteiger partial charge in [0.2, 0.25) is 29.5 Å². The molecular formula is C26H35N7O7. The number of primary amides is 1. The van der Waals surface area contributed by atoms with E-state index >= 15 is 0 Å². The molecule has 3 rings (SSSR count). The van der Waals surface area contributed by atoms with Crippen LogP contribution < -0.4 is 32.7 Å². The fourth-order valence-corrected chi connectivity index (χ4v) is 4.52. The number of nitrogens with one attached hydrogen (secondary N) is 5. The highest BCUT2D eigenvalue weighted by Gasteiger charge is 2.34. The van der Waals surface area contributed by atoms with Gasteiger partial charge < -0.3 is 42.8 Å². The number of carboxylic acids is 1. The molecule has 0 saturated carbocycles. The molecule has 216 valence electrons. The molecule has 1 aromatic carbocycles. The maximum atomic E-state index is 13.4. The molecule has 14 heteroatoms. The summed E-state index contributed by atoms with van der Waals surface area (Å²) in [6.45, 7) is 0.372. The molecule has 2 heterocycles. The van der Waals surface area contributed by atoms with Crippen molar-refractivity contribution >= 4 is 46.4 Å². The quantitative estimate of drug-likeness (QED) is 0.120. The van der Waals surface area contributed by atoms with Crippen molar-refractivity contribution in [3.8, 4) is 0 Å². The van der Waals surface area contributed by atoms with Gasteiger partial charge in [0.15, 0.2) is 0 Å². The van der Waals surface area contributed by atoms with Crippen LogP contribution in [0.5, 0.6) is 0 Å². The van der Waals surface area contributed by atoms with Crippen LogP contribution >= 0.6 is 0 Å². The summed E-state index contributed by atoms with van der Waals surface area (Å²) in [5.74, 6) is -4.72. The molecule has 0 bridgehead atoms. The lowest BCUT2D eigenvalue weighted by molar-refractivity contribution is -0.142. The molecule has 1 aliphatic heterocycles. The average Bonchev–Trinajstić information content (AvgIpc) is 3.53. The molecule has 5 amide bonds. The van der Waals surface area contributed by atoms with Crippen molar-refractivity contribution in [1.29, 1.82) is 0 Å². The second-order valence-corrected chi connectivity index (χ2v) is 9.70. The number of hydrogen-bond acceptors (Lipinski definition) is 7. The molecule has 0 aliphatic carbocycles. The number of hydrogen-bond donors (Lipinski definition) is 8. The summed E-state index contributed by atoms with van der Waals surface area (Å²) in [6, 6.07) is 2.53. The van der Waals surface area contributed by atoms with E-state index in [0.717, 1.165) is 10.9 Å². The minimum absolute atomic E-state index is 0.0212. The Hall–Kier alpha value is -4.46. The summed E-state index contributed by atoms with van der Waals surface area (Å²) in [5.41, 5.74) is 12.3. The molecule has 1 fully saturated rings. The number of rotatable bonds is 15. The van der Waals surface area contributed by atoms with Gasteiger partial charge in [0.1, 0.15) is 24.2 Å². The first kappa shape index (κ1) is 30.1. The van der Waals surface area contributed by atoms with Gasteiger partial charge in [-0.1, -0.05) is 18.2 Å². The van der Waals surface area contributed by atoms with Gasteiger partial charge in [0.05, 0.1) is 6.42 Å². The van der Waals surface area contributed by atoms with Crippen molar-refractivity contribution < 1.29 is 33.9 Å². The van der Waals surface area contributed by atoms with Crippen LogP contribution in [0.25, 0.3) is 10.9 Å². The van der Waals surface area contributed by atoms with Crippen LogP contribution in [0.15, 0.2) is 30.5 Å². The van der Waals surface area contributed by atoms with Crippen molar-refractivity contribution in [2.45, 2.75) is 69.1 Å². The predicted octanol–water partition coefficient (Wildman–Crippen LogP) is -1.47. The van der Waals surface area contributed by atoms with Gasteiger partial charge in [-0.25, -0.2) is 4.79 Å². The van der Waals surface area contributed by atoms with E-state index < -0.39 is 60.2 Å². The number of carboxylic acid groups (broad SMARTS) is 1. The van der Waals surface area contributed by atoms with Gasteiger partial charge in [0, 0.05) is 29.9 Å². The van der Waals surface area contributed by atoms with E-state index in [1.807, 2.05) is 24.3 Å².